The fraction of sp³-hybridized carbons (Fsp3) is 0.385. The van der Waals surface area contributed by atoms with Gasteiger partial charge in [-0.2, -0.15) is 0 Å². The van der Waals surface area contributed by atoms with Crippen molar-refractivity contribution >= 4 is 10.9 Å². The average molecular weight is 220 g/mol. The van der Waals surface area contributed by atoms with Gasteiger partial charge in [-0.1, -0.05) is 19.1 Å². The van der Waals surface area contributed by atoms with Crippen LogP contribution in [-0.2, 0) is 6.42 Å². The molecule has 0 bridgehead atoms. The molecule has 1 aromatic carbocycles. The molecule has 0 radical (unpaired) electrons. The highest BCUT2D eigenvalue weighted by molar-refractivity contribution is 5.85. The van der Waals surface area contributed by atoms with Crippen LogP contribution in [0.1, 0.15) is 18.2 Å². The molecule has 3 N–H and O–H groups in total. The topological polar surface area (TPSA) is 41.8 Å². The molecule has 86 valence electrons. The summed E-state index contributed by atoms with van der Waals surface area (Å²) in [5.74, 6) is 0.230. The normalized spacial score (nSPS) is 13.2. The van der Waals surface area contributed by atoms with E-state index in [2.05, 4.69) is 11.9 Å². The molecule has 2 rings (SSSR count). The number of aryl methyl sites for hydroxylation is 1. The Balaban J connectivity index is 2.52. The number of rotatable bonds is 3. The summed E-state index contributed by atoms with van der Waals surface area (Å²) in [5.41, 5.74) is 8.47. The number of para-hydroxylation sites is 1. The molecule has 1 aromatic heterocycles. The number of benzene rings is 1. The van der Waals surface area contributed by atoms with Gasteiger partial charge >= 0.3 is 0 Å². The maximum absolute atomic E-state index is 13.5. The molecule has 1 heterocycles. The summed E-state index contributed by atoms with van der Waals surface area (Å²) in [6.07, 6.45) is 0.895. The number of nitrogens with one attached hydrogen (secondary N) is 1. The minimum absolute atomic E-state index is 0.188. The molecule has 0 fully saturated rings. The van der Waals surface area contributed by atoms with Gasteiger partial charge in [0.15, 0.2) is 0 Å². The maximum atomic E-state index is 13.5. The first-order valence-corrected chi connectivity index (χ1v) is 5.59. The molecule has 0 aliphatic rings. The summed E-state index contributed by atoms with van der Waals surface area (Å²) in [6, 6.07) is 5.19. The van der Waals surface area contributed by atoms with Crippen LogP contribution in [-0.4, -0.2) is 11.5 Å². The van der Waals surface area contributed by atoms with Gasteiger partial charge in [-0.05, 0) is 37.4 Å². The fourth-order valence-electron chi connectivity index (χ4n) is 2.06. The van der Waals surface area contributed by atoms with Gasteiger partial charge in [0.2, 0.25) is 0 Å². The number of H-pyrrole nitrogens is 1. The monoisotopic (exact) mass is 220 g/mol. The Labute approximate surface area is 94.7 Å². The van der Waals surface area contributed by atoms with Crippen molar-refractivity contribution in [3.05, 3.63) is 35.3 Å². The van der Waals surface area contributed by atoms with E-state index in [0.717, 1.165) is 17.5 Å². The van der Waals surface area contributed by atoms with Gasteiger partial charge in [0.1, 0.15) is 5.82 Å². The van der Waals surface area contributed by atoms with Gasteiger partial charge in [-0.3, -0.25) is 0 Å². The van der Waals surface area contributed by atoms with Crippen LogP contribution >= 0.6 is 0 Å². The van der Waals surface area contributed by atoms with E-state index in [1.165, 1.54) is 11.6 Å². The van der Waals surface area contributed by atoms with Crippen molar-refractivity contribution in [3.63, 3.8) is 0 Å². The molecule has 16 heavy (non-hydrogen) atoms. The Hall–Kier alpha value is -1.35. The van der Waals surface area contributed by atoms with Crippen molar-refractivity contribution in [1.82, 2.24) is 4.98 Å². The van der Waals surface area contributed by atoms with Crippen LogP contribution in [0.5, 0.6) is 0 Å². The molecule has 0 amide bonds. The Morgan fingerprint density at radius 1 is 1.44 bits per heavy atom. The van der Waals surface area contributed by atoms with Gasteiger partial charge in [-0.25, -0.2) is 4.39 Å². The zero-order valence-electron chi connectivity index (χ0n) is 9.68. The second kappa shape index (κ2) is 4.26. The first kappa shape index (κ1) is 11.1. The lowest BCUT2D eigenvalue weighted by molar-refractivity contribution is 0.593. The molecule has 1 atom stereocenters. The minimum Gasteiger partial charge on any atom is -0.356 e. The fourth-order valence-corrected chi connectivity index (χ4v) is 2.06. The molecule has 2 aromatic rings. The molecule has 0 saturated heterocycles. The third kappa shape index (κ3) is 1.83. The van der Waals surface area contributed by atoms with Gasteiger partial charge in [0, 0.05) is 11.1 Å². The largest absolute Gasteiger partial charge is 0.356 e. The number of nitrogens with two attached hydrogens (primary N) is 1. The standard InChI is InChI=1S/C13H17FN2/c1-8(7-15)6-11-9(2)16-13-10(11)4-3-5-12(13)14/h3-5,8,16H,6-7,15H2,1-2H3. The molecule has 3 heteroatoms. The van der Waals surface area contributed by atoms with Crippen LogP contribution in [0.3, 0.4) is 0 Å². The van der Waals surface area contributed by atoms with Crippen molar-refractivity contribution in [2.45, 2.75) is 20.3 Å². The Kier molecular flexibility index (Phi) is 2.97. The van der Waals surface area contributed by atoms with Crippen LogP contribution in [0.2, 0.25) is 0 Å². The molecular weight excluding hydrogens is 203 g/mol. The number of aromatic nitrogens is 1. The molecule has 2 nitrogen and oxygen atoms in total. The summed E-state index contributed by atoms with van der Waals surface area (Å²) in [5, 5.41) is 0.984. The van der Waals surface area contributed by atoms with E-state index in [1.54, 1.807) is 6.07 Å². The van der Waals surface area contributed by atoms with Crippen molar-refractivity contribution in [2.24, 2.45) is 11.7 Å². The van der Waals surface area contributed by atoms with E-state index in [1.807, 2.05) is 13.0 Å². The quantitative estimate of drug-likeness (QED) is 0.820. The number of halogens is 1. The summed E-state index contributed by atoms with van der Waals surface area (Å²) >= 11 is 0. The zero-order chi connectivity index (χ0) is 11.7. The second-order valence-corrected chi connectivity index (χ2v) is 4.44. The Bertz CT molecular complexity index is 502. The lowest BCUT2D eigenvalue weighted by atomic mass is 9.99. The Morgan fingerprint density at radius 2 is 2.19 bits per heavy atom. The molecule has 0 aliphatic heterocycles. The van der Waals surface area contributed by atoms with Crippen LogP contribution in [0.25, 0.3) is 10.9 Å². The van der Waals surface area contributed by atoms with Gasteiger partial charge in [0.25, 0.3) is 0 Å². The first-order chi connectivity index (χ1) is 7.63. The highest BCUT2D eigenvalue weighted by Gasteiger charge is 2.13. The number of hydrogen-bond acceptors (Lipinski definition) is 1. The summed E-state index contributed by atoms with van der Waals surface area (Å²) < 4.78 is 13.5. The SMILES string of the molecule is Cc1[nH]c2c(F)cccc2c1CC(C)CN. The van der Waals surface area contributed by atoms with Crippen LogP contribution in [0.15, 0.2) is 18.2 Å². The molecule has 0 aliphatic carbocycles. The predicted molar refractivity (Wildman–Crippen MR) is 64.9 cm³/mol. The van der Waals surface area contributed by atoms with Gasteiger partial charge in [0.05, 0.1) is 5.52 Å². The Morgan fingerprint density at radius 3 is 2.88 bits per heavy atom. The van der Waals surface area contributed by atoms with Gasteiger partial charge in [-0.15, -0.1) is 0 Å². The van der Waals surface area contributed by atoms with E-state index in [-0.39, 0.29) is 5.82 Å². The minimum atomic E-state index is -0.188. The number of fused-ring (bicyclic) bond motifs is 1. The first-order valence-electron chi connectivity index (χ1n) is 5.59. The van der Waals surface area contributed by atoms with Crippen molar-refractivity contribution in [3.8, 4) is 0 Å². The zero-order valence-corrected chi connectivity index (χ0v) is 9.68. The molecule has 1 unspecified atom stereocenters. The maximum Gasteiger partial charge on any atom is 0.147 e. The average Bonchev–Trinajstić information content (AvgIpc) is 2.58. The van der Waals surface area contributed by atoms with Crippen molar-refractivity contribution in [1.29, 1.82) is 0 Å². The van der Waals surface area contributed by atoms with Crippen LogP contribution < -0.4 is 5.73 Å². The van der Waals surface area contributed by atoms with Crippen LogP contribution in [0.4, 0.5) is 4.39 Å². The molecule has 0 spiro atoms. The van der Waals surface area contributed by atoms with Crippen molar-refractivity contribution in [2.75, 3.05) is 6.54 Å². The number of hydrogen-bond donors (Lipinski definition) is 2. The van der Waals surface area contributed by atoms with E-state index in [0.29, 0.717) is 18.0 Å². The lowest BCUT2D eigenvalue weighted by Crippen LogP contribution is -2.13. The van der Waals surface area contributed by atoms with E-state index >= 15 is 0 Å². The summed E-state index contributed by atoms with van der Waals surface area (Å²) in [7, 11) is 0. The third-order valence-corrected chi connectivity index (χ3v) is 3.06. The smallest absolute Gasteiger partial charge is 0.147 e. The second-order valence-electron chi connectivity index (χ2n) is 4.44. The predicted octanol–water partition coefficient (Wildman–Crippen LogP) is 2.75. The molecular formula is C13H17FN2. The third-order valence-electron chi connectivity index (χ3n) is 3.06. The highest BCUT2D eigenvalue weighted by atomic mass is 19.1. The van der Waals surface area contributed by atoms with Gasteiger partial charge < -0.3 is 10.7 Å². The van der Waals surface area contributed by atoms with E-state index in [4.69, 9.17) is 5.73 Å². The van der Waals surface area contributed by atoms with E-state index in [9.17, 15) is 4.39 Å². The summed E-state index contributed by atoms with van der Waals surface area (Å²) in [6.45, 7) is 4.75. The van der Waals surface area contributed by atoms with E-state index < -0.39 is 0 Å². The van der Waals surface area contributed by atoms with Crippen LogP contribution in [0, 0.1) is 18.7 Å². The molecule has 0 saturated carbocycles. The van der Waals surface area contributed by atoms with Crippen molar-refractivity contribution < 1.29 is 4.39 Å². The number of aromatic amines is 1. The lowest BCUT2D eigenvalue weighted by Gasteiger charge is -2.08. The summed E-state index contributed by atoms with van der Waals surface area (Å²) in [4.78, 5) is 3.11. The highest BCUT2D eigenvalue weighted by Crippen LogP contribution is 2.26.